The van der Waals surface area contributed by atoms with Crippen LogP contribution in [-0.4, -0.2) is 42.9 Å². The highest BCUT2D eigenvalue weighted by molar-refractivity contribution is 7.13. The van der Waals surface area contributed by atoms with Crippen LogP contribution in [0.3, 0.4) is 0 Å². The van der Waals surface area contributed by atoms with Crippen LogP contribution >= 0.6 is 11.3 Å². The molecule has 0 amide bonds. The van der Waals surface area contributed by atoms with Gasteiger partial charge in [0.2, 0.25) is 0 Å². The van der Waals surface area contributed by atoms with Gasteiger partial charge in [0.25, 0.3) is 0 Å². The van der Waals surface area contributed by atoms with E-state index in [2.05, 4.69) is 9.88 Å². The summed E-state index contributed by atoms with van der Waals surface area (Å²) in [7, 11) is 0. The molecule has 2 atom stereocenters. The summed E-state index contributed by atoms with van der Waals surface area (Å²) in [5, 5.41) is 2.61. The molecule has 1 aliphatic rings. The number of carbonyl (C=O) groups excluding carboxylic acids is 1. The van der Waals surface area contributed by atoms with Gasteiger partial charge in [0.05, 0.1) is 18.8 Å². The lowest BCUT2D eigenvalue weighted by molar-refractivity contribution is -0.00523. The summed E-state index contributed by atoms with van der Waals surface area (Å²) in [6, 6.07) is 0. The van der Waals surface area contributed by atoms with Gasteiger partial charge in [0, 0.05) is 18.5 Å². The van der Waals surface area contributed by atoms with E-state index in [1.54, 1.807) is 12.3 Å². The number of aromatic nitrogens is 1. The molecule has 1 saturated heterocycles. The van der Waals surface area contributed by atoms with Crippen molar-refractivity contribution in [2.24, 2.45) is 0 Å². The van der Waals surface area contributed by atoms with Crippen LogP contribution in [0, 0.1) is 0 Å². The van der Waals surface area contributed by atoms with Crippen LogP contribution in [0.5, 0.6) is 0 Å². The number of hydrogen-bond donors (Lipinski definition) is 0. The van der Waals surface area contributed by atoms with Crippen molar-refractivity contribution >= 4 is 22.4 Å². The zero-order valence-corrected chi connectivity index (χ0v) is 11.7. The fourth-order valence-corrected chi connectivity index (χ4v) is 2.86. The number of thiazole rings is 1. The van der Waals surface area contributed by atoms with E-state index in [-0.39, 0.29) is 18.2 Å². The van der Waals surface area contributed by atoms with Crippen LogP contribution in [-0.2, 0) is 9.47 Å². The van der Waals surface area contributed by atoms with Crippen LogP contribution in [0.1, 0.15) is 31.3 Å². The highest BCUT2D eigenvalue weighted by Crippen LogP contribution is 2.24. The van der Waals surface area contributed by atoms with Crippen molar-refractivity contribution in [2.75, 3.05) is 24.6 Å². The molecule has 1 aromatic heterocycles. The van der Waals surface area contributed by atoms with Crippen molar-refractivity contribution in [1.82, 2.24) is 4.98 Å². The van der Waals surface area contributed by atoms with Crippen molar-refractivity contribution < 1.29 is 14.3 Å². The molecule has 0 radical (unpaired) electrons. The van der Waals surface area contributed by atoms with Crippen molar-refractivity contribution in [3.63, 3.8) is 0 Å². The van der Waals surface area contributed by atoms with Gasteiger partial charge in [-0.2, -0.15) is 0 Å². The molecule has 2 heterocycles. The van der Waals surface area contributed by atoms with Gasteiger partial charge >= 0.3 is 5.97 Å². The largest absolute Gasteiger partial charge is 0.461 e. The first-order chi connectivity index (χ1) is 8.60. The minimum absolute atomic E-state index is 0.184. The Bertz CT molecular complexity index is 411. The summed E-state index contributed by atoms with van der Waals surface area (Å²) in [6.07, 6.45) is 0.368. The van der Waals surface area contributed by atoms with Gasteiger partial charge in [-0.15, -0.1) is 11.3 Å². The average molecular weight is 270 g/mol. The van der Waals surface area contributed by atoms with Gasteiger partial charge in [-0.1, -0.05) is 0 Å². The first-order valence-electron chi connectivity index (χ1n) is 6.13. The zero-order valence-electron chi connectivity index (χ0n) is 10.9. The topological polar surface area (TPSA) is 51.7 Å². The van der Waals surface area contributed by atoms with Gasteiger partial charge in [-0.05, 0) is 20.8 Å². The predicted octanol–water partition coefficient (Wildman–Crippen LogP) is 1.93. The third-order valence-corrected chi connectivity index (χ3v) is 3.57. The fraction of sp³-hybridized carbons (Fsp3) is 0.667. The molecule has 6 heteroatoms. The highest BCUT2D eigenvalue weighted by atomic mass is 32.1. The third kappa shape index (κ3) is 3.00. The van der Waals surface area contributed by atoms with Crippen LogP contribution in [0.15, 0.2) is 5.38 Å². The number of esters is 1. The first-order valence-corrected chi connectivity index (χ1v) is 7.01. The number of ether oxygens (including phenoxy) is 2. The number of hydrogen-bond acceptors (Lipinski definition) is 6. The molecule has 0 N–H and O–H groups in total. The summed E-state index contributed by atoms with van der Waals surface area (Å²) >= 11 is 1.47. The molecule has 0 spiro atoms. The molecule has 0 aliphatic carbocycles. The Balaban J connectivity index is 2.07. The third-order valence-electron chi connectivity index (χ3n) is 2.67. The van der Waals surface area contributed by atoms with Crippen molar-refractivity contribution in [1.29, 1.82) is 0 Å². The van der Waals surface area contributed by atoms with Crippen LogP contribution in [0.4, 0.5) is 5.13 Å². The summed E-state index contributed by atoms with van der Waals surface area (Å²) in [5.41, 5.74) is 0.392. The molecule has 5 nitrogen and oxygen atoms in total. The van der Waals surface area contributed by atoms with Crippen LogP contribution < -0.4 is 4.90 Å². The monoisotopic (exact) mass is 270 g/mol. The van der Waals surface area contributed by atoms with E-state index in [1.807, 2.05) is 13.8 Å². The van der Waals surface area contributed by atoms with Crippen molar-refractivity contribution in [3.8, 4) is 0 Å². The Kier molecular flexibility index (Phi) is 4.19. The summed E-state index contributed by atoms with van der Waals surface area (Å²) in [4.78, 5) is 18.0. The lowest BCUT2D eigenvalue weighted by Gasteiger charge is -2.35. The normalized spacial score (nSPS) is 24.1. The van der Waals surface area contributed by atoms with Gasteiger partial charge in [-0.3, -0.25) is 0 Å². The number of morpholine rings is 1. The maximum atomic E-state index is 11.5. The second kappa shape index (κ2) is 5.67. The Morgan fingerprint density at radius 3 is 2.83 bits per heavy atom. The van der Waals surface area contributed by atoms with Crippen molar-refractivity contribution in [3.05, 3.63) is 11.1 Å². The molecule has 1 fully saturated rings. The highest BCUT2D eigenvalue weighted by Gasteiger charge is 2.25. The quantitative estimate of drug-likeness (QED) is 0.786. The SMILES string of the molecule is CCOC(=O)c1csc(N2C[C@@H](C)O[C@@H](C)C2)n1. The first kappa shape index (κ1) is 13.3. The van der Waals surface area contributed by atoms with Gasteiger partial charge in [0.15, 0.2) is 10.8 Å². The summed E-state index contributed by atoms with van der Waals surface area (Å²) in [5.74, 6) is -0.352. The van der Waals surface area contributed by atoms with E-state index in [0.717, 1.165) is 18.2 Å². The maximum Gasteiger partial charge on any atom is 0.357 e. The van der Waals surface area contributed by atoms with E-state index in [1.165, 1.54) is 11.3 Å². The lowest BCUT2D eigenvalue weighted by Crippen LogP contribution is -2.45. The Morgan fingerprint density at radius 2 is 2.22 bits per heavy atom. The molecular weight excluding hydrogens is 252 g/mol. The molecule has 18 heavy (non-hydrogen) atoms. The van der Waals surface area contributed by atoms with Gasteiger partial charge < -0.3 is 14.4 Å². The fourth-order valence-electron chi connectivity index (χ4n) is 2.04. The standard InChI is InChI=1S/C12H18N2O3S/c1-4-16-11(15)10-7-18-12(13-10)14-5-8(2)17-9(3)6-14/h7-9H,4-6H2,1-3H3/t8-,9+. The molecule has 1 aromatic rings. The minimum atomic E-state index is -0.352. The van der Waals surface area contributed by atoms with Crippen LogP contribution in [0.2, 0.25) is 0 Å². The number of carbonyl (C=O) groups is 1. The second-order valence-corrected chi connectivity index (χ2v) is 5.23. The van der Waals surface area contributed by atoms with Gasteiger partial charge in [0.1, 0.15) is 0 Å². The summed E-state index contributed by atoms with van der Waals surface area (Å²) in [6.45, 7) is 7.86. The maximum absolute atomic E-state index is 11.5. The van der Waals surface area contributed by atoms with Crippen molar-refractivity contribution in [2.45, 2.75) is 33.0 Å². The minimum Gasteiger partial charge on any atom is -0.461 e. The lowest BCUT2D eigenvalue weighted by atomic mass is 10.2. The van der Waals surface area contributed by atoms with E-state index < -0.39 is 0 Å². The van der Waals surface area contributed by atoms with E-state index in [0.29, 0.717) is 12.3 Å². The second-order valence-electron chi connectivity index (χ2n) is 4.40. The Hall–Kier alpha value is -1.14. The number of anilines is 1. The molecule has 0 bridgehead atoms. The molecule has 2 rings (SSSR count). The summed E-state index contributed by atoms with van der Waals surface area (Å²) < 4.78 is 10.6. The molecule has 0 saturated carbocycles. The Morgan fingerprint density at radius 1 is 1.56 bits per heavy atom. The molecule has 0 unspecified atom stereocenters. The average Bonchev–Trinajstić information content (AvgIpc) is 2.77. The number of nitrogens with zero attached hydrogens (tertiary/aromatic N) is 2. The van der Waals surface area contributed by atoms with E-state index in [9.17, 15) is 4.79 Å². The predicted molar refractivity (Wildman–Crippen MR) is 70.3 cm³/mol. The molecule has 100 valence electrons. The van der Waals surface area contributed by atoms with E-state index in [4.69, 9.17) is 9.47 Å². The molecular formula is C12H18N2O3S. The Labute approximate surface area is 111 Å². The molecule has 0 aromatic carbocycles. The smallest absolute Gasteiger partial charge is 0.357 e. The van der Waals surface area contributed by atoms with Crippen LogP contribution in [0.25, 0.3) is 0 Å². The van der Waals surface area contributed by atoms with Gasteiger partial charge in [-0.25, -0.2) is 9.78 Å². The zero-order chi connectivity index (χ0) is 13.1. The number of rotatable bonds is 3. The van der Waals surface area contributed by atoms with E-state index >= 15 is 0 Å². The molecule has 1 aliphatic heterocycles.